The Balaban J connectivity index is 1.61. The molecule has 0 amide bonds. The first kappa shape index (κ1) is 13.9. The summed E-state index contributed by atoms with van der Waals surface area (Å²) in [5.74, 6) is -0.883. The molecule has 1 aromatic rings. The van der Waals surface area contributed by atoms with Crippen LogP contribution in [0.1, 0.15) is 18.5 Å². The molecule has 2 fully saturated rings. The first-order chi connectivity index (χ1) is 9.66. The molecule has 3 nitrogen and oxygen atoms in total. The van der Waals surface area contributed by atoms with Gasteiger partial charge in [0.15, 0.2) is 0 Å². The van der Waals surface area contributed by atoms with Crippen LogP contribution in [0.5, 0.6) is 0 Å². The highest BCUT2D eigenvalue weighted by Gasteiger charge is 2.36. The summed E-state index contributed by atoms with van der Waals surface area (Å²) >= 11 is 0. The van der Waals surface area contributed by atoms with Gasteiger partial charge >= 0.3 is 0 Å². The third-order valence-corrected chi connectivity index (χ3v) is 4.52. The fourth-order valence-corrected chi connectivity index (χ4v) is 3.17. The van der Waals surface area contributed by atoms with Crippen molar-refractivity contribution in [1.29, 1.82) is 0 Å². The number of hydrogen-bond acceptors (Lipinski definition) is 3. The lowest BCUT2D eigenvalue weighted by Crippen LogP contribution is -2.63. The van der Waals surface area contributed by atoms with E-state index in [1.54, 1.807) is 0 Å². The van der Waals surface area contributed by atoms with Gasteiger partial charge < -0.3 is 5.32 Å². The van der Waals surface area contributed by atoms with Gasteiger partial charge in [-0.2, -0.15) is 0 Å². The number of nitrogens with zero attached hydrogens (tertiary/aromatic N) is 2. The molecule has 110 valence electrons. The predicted molar refractivity (Wildman–Crippen MR) is 74.6 cm³/mol. The zero-order valence-electron chi connectivity index (χ0n) is 11.8. The Labute approximate surface area is 118 Å². The number of halogens is 2. The van der Waals surface area contributed by atoms with E-state index in [0.29, 0.717) is 6.04 Å². The molecule has 0 radical (unpaired) electrons. The van der Waals surface area contributed by atoms with Gasteiger partial charge in [0.2, 0.25) is 0 Å². The third-order valence-electron chi connectivity index (χ3n) is 4.52. The van der Waals surface area contributed by atoms with Crippen LogP contribution in [0.3, 0.4) is 0 Å². The van der Waals surface area contributed by atoms with E-state index >= 15 is 0 Å². The van der Waals surface area contributed by atoms with E-state index in [9.17, 15) is 8.78 Å². The van der Waals surface area contributed by atoms with Crippen LogP contribution < -0.4 is 5.32 Å². The van der Waals surface area contributed by atoms with Crippen LogP contribution in [-0.2, 0) is 0 Å². The van der Waals surface area contributed by atoms with Crippen LogP contribution >= 0.6 is 0 Å². The maximum Gasteiger partial charge on any atom is 0.130 e. The summed E-state index contributed by atoms with van der Waals surface area (Å²) in [5, 5.41) is 3.34. The van der Waals surface area contributed by atoms with E-state index in [-0.39, 0.29) is 11.6 Å². The smallest absolute Gasteiger partial charge is 0.130 e. The fourth-order valence-electron chi connectivity index (χ4n) is 3.17. The fraction of sp³-hybridized carbons (Fsp3) is 0.600. The molecule has 20 heavy (non-hydrogen) atoms. The second-order valence-corrected chi connectivity index (χ2v) is 5.71. The molecule has 1 N–H and O–H groups in total. The summed E-state index contributed by atoms with van der Waals surface area (Å²) in [6.45, 7) is 7.89. The Kier molecular flexibility index (Phi) is 4.01. The van der Waals surface area contributed by atoms with Crippen molar-refractivity contribution in [2.45, 2.75) is 19.0 Å². The minimum Gasteiger partial charge on any atom is -0.314 e. The number of hydrogen-bond donors (Lipinski definition) is 1. The largest absolute Gasteiger partial charge is 0.314 e. The van der Waals surface area contributed by atoms with Gasteiger partial charge in [0.05, 0.1) is 0 Å². The van der Waals surface area contributed by atoms with E-state index in [4.69, 9.17) is 0 Å². The Bertz CT molecular complexity index is 448. The van der Waals surface area contributed by atoms with E-state index in [0.717, 1.165) is 39.3 Å². The van der Waals surface area contributed by atoms with Gasteiger partial charge in [0.1, 0.15) is 11.6 Å². The van der Waals surface area contributed by atoms with Crippen LogP contribution in [0.25, 0.3) is 0 Å². The molecule has 0 spiro atoms. The number of likely N-dealkylation sites (tertiary alicyclic amines) is 1. The number of benzene rings is 1. The highest BCUT2D eigenvalue weighted by molar-refractivity contribution is 5.23. The molecule has 1 unspecified atom stereocenters. The van der Waals surface area contributed by atoms with E-state index in [2.05, 4.69) is 15.1 Å². The molecule has 3 rings (SSSR count). The molecule has 5 heteroatoms. The summed E-state index contributed by atoms with van der Waals surface area (Å²) in [7, 11) is 0. The van der Waals surface area contributed by atoms with E-state index < -0.39 is 11.6 Å². The van der Waals surface area contributed by atoms with Crippen molar-refractivity contribution in [1.82, 2.24) is 15.1 Å². The van der Waals surface area contributed by atoms with Crippen LogP contribution in [0.2, 0.25) is 0 Å². The Morgan fingerprint density at radius 3 is 2.35 bits per heavy atom. The molecular weight excluding hydrogens is 260 g/mol. The Morgan fingerprint density at radius 1 is 1.15 bits per heavy atom. The molecule has 1 aromatic carbocycles. The molecule has 2 aliphatic rings. The molecule has 1 atom stereocenters. The van der Waals surface area contributed by atoms with Crippen LogP contribution in [-0.4, -0.2) is 55.1 Å². The van der Waals surface area contributed by atoms with Crippen molar-refractivity contribution in [3.8, 4) is 0 Å². The SMILES string of the molecule is CC(c1c(F)cccc1F)N1CC(N2CCNCC2)C1. The summed E-state index contributed by atoms with van der Waals surface area (Å²) in [5.41, 5.74) is 0.200. The van der Waals surface area contributed by atoms with Crippen molar-refractivity contribution in [3.63, 3.8) is 0 Å². The standard InChI is InChI=1S/C15H21F2N3/c1-11(15-13(16)3-2-4-14(15)17)20-9-12(10-20)19-7-5-18-6-8-19/h2-4,11-12,18H,5-10H2,1H3. The molecule has 2 heterocycles. The zero-order valence-corrected chi connectivity index (χ0v) is 11.8. The maximum absolute atomic E-state index is 13.8. The topological polar surface area (TPSA) is 18.5 Å². The van der Waals surface area contributed by atoms with Gasteiger partial charge in [-0.1, -0.05) is 6.07 Å². The summed E-state index contributed by atoms with van der Waals surface area (Å²) in [4.78, 5) is 4.62. The van der Waals surface area contributed by atoms with Crippen molar-refractivity contribution < 1.29 is 8.78 Å². The van der Waals surface area contributed by atoms with Crippen LogP contribution in [0.4, 0.5) is 8.78 Å². The average molecular weight is 281 g/mol. The van der Waals surface area contributed by atoms with E-state index in [1.807, 2.05) is 6.92 Å². The van der Waals surface area contributed by atoms with Crippen LogP contribution in [0, 0.1) is 11.6 Å². The van der Waals surface area contributed by atoms with Crippen molar-refractivity contribution in [2.24, 2.45) is 0 Å². The predicted octanol–water partition coefficient (Wildman–Crippen LogP) is 1.62. The van der Waals surface area contributed by atoms with Gasteiger partial charge in [0, 0.05) is 56.9 Å². The molecule has 0 aliphatic carbocycles. The summed E-state index contributed by atoms with van der Waals surface area (Å²) in [6.07, 6.45) is 0. The molecule has 0 aromatic heterocycles. The van der Waals surface area contributed by atoms with Gasteiger partial charge in [0.25, 0.3) is 0 Å². The van der Waals surface area contributed by atoms with Gasteiger partial charge in [-0.25, -0.2) is 8.78 Å². The molecule has 0 saturated carbocycles. The second kappa shape index (κ2) is 5.76. The lowest BCUT2D eigenvalue weighted by molar-refractivity contribution is 0.00181. The first-order valence-corrected chi connectivity index (χ1v) is 7.29. The van der Waals surface area contributed by atoms with Gasteiger partial charge in [-0.3, -0.25) is 9.80 Å². The second-order valence-electron chi connectivity index (χ2n) is 5.71. The normalized spacial score (nSPS) is 23.6. The van der Waals surface area contributed by atoms with Crippen molar-refractivity contribution in [2.75, 3.05) is 39.3 Å². The van der Waals surface area contributed by atoms with Crippen molar-refractivity contribution in [3.05, 3.63) is 35.4 Å². The molecule has 2 saturated heterocycles. The lowest BCUT2D eigenvalue weighted by Gasteiger charge is -2.49. The number of piperazine rings is 1. The summed E-state index contributed by atoms with van der Waals surface area (Å²) < 4.78 is 27.6. The van der Waals surface area contributed by atoms with E-state index in [1.165, 1.54) is 18.2 Å². The van der Waals surface area contributed by atoms with Crippen molar-refractivity contribution >= 4 is 0 Å². The van der Waals surface area contributed by atoms with Crippen LogP contribution in [0.15, 0.2) is 18.2 Å². The lowest BCUT2D eigenvalue weighted by atomic mass is 9.98. The Morgan fingerprint density at radius 2 is 1.75 bits per heavy atom. The van der Waals surface area contributed by atoms with Gasteiger partial charge in [-0.15, -0.1) is 0 Å². The monoisotopic (exact) mass is 281 g/mol. The number of nitrogens with one attached hydrogen (secondary N) is 1. The minimum atomic E-state index is -0.442. The highest BCUT2D eigenvalue weighted by atomic mass is 19.1. The molecule has 0 bridgehead atoms. The highest BCUT2D eigenvalue weighted by Crippen LogP contribution is 2.30. The van der Waals surface area contributed by atoms with Gasteiger partial charge in [-0.05, 0) is 19.1 Å². The Hall–Kier alpha value is -1.04. The molecule has 2 aliphatic heterocycles. The molecular formula is C15H21F2N3. The third kappa shape index (κ3) is 2.57. The summed E-state index contributed by atoms with van der Waals surface area (Å²) in [6, 6.07) is 4.43. The first-order valence-electron chi connectivity index (χ1n) is 7.29. The average Bonchev–Trinajstić information content (AvgIpc) is 2.38. The number of rotatable bonds is 3. The quantitative estimate of drug-likeness (QED) is 0.908. The zero-order chi connectivity index (χ0) is 14.1. The maximum atomic E-state index is 13.8. The minimum absolute atomic E-state index is 0.199.